The van der Waals surface area contributed by atoms with E-state index in [1.54, 1.807) is 5.56 Å². The van der Waals surface area contributed by atoms with Gasteiger partial charge in [-0.25, -0.2) is 4.31 Å². The van der Waals surface area contributed by atoms with Crippen molar-refractivity contribution in [3.8, 4) is 0 Å². The first kappa shape index (κ1) is 21.2. The molecule has 3 N–H and O–H groups in total. The third kappa shape index (κ3) is 3.64. The lowest BCUT2D eigenvalue weighted by atomic mass is 9.48. The molecule has 2 unspecified atom stereocenters. The summed E-state index contributed by atoms with van der Waals surface area (Å²) in [5.41, 5.74) is 7.95. The van der Waals surface area contributed by atoms with Crippen LogP contribution in [0.5, 0.6) is 0 Å². The first-order valence-electron chi connectivity index (χ1n) is 12.1. The molecule has 4 bridgehead atoms. The second-order valence-corrected chi connectivity index (χ2v) is 12.1. The van der Waals surface area contributed by atoms with Gasteiger partial charge in [-0.1, -0.05) is 61.4 Å². The van der Waals surface area contributed by atoms with Gasteiger partial charge in [0, 0.05) is 29.3 Å². The topological polar surface area (TPSA) is 41.3 Å². The summed E-state index contributed by atoms with van der Waals surface area (Å²) < 4.78 is 2.77. The van der Waals surface area contributed by atoms with Crippen molar-refractivity contribution < 1.29 is 0 Å². The SMILES string of the molecule is CCSN1C2CC3(C(=S)N[C@H]4CC[C@H](CN)CC4)CC1CC(c1ccccc1)(C2)C3. The maximum atomic E-state index is 6.23. The Morgan fingerprint density at radius 1 is 1.10 bits per heavy atom. The summed E-state index contributed by atoms with van der Waals surface area (Å²) in [6.07, 6.45) is 11.3. The summed E-state index contributed by atoms with van der Waals surface area (Å²) in [6, 6.07) is 13.2. The maximum Gasteiger partial charge on any atom is 0.0819 e. The average molecular weight is 444 g/mol. The standard InChI is InChI=1S/C25H37N3S2/c1-2-30-28-21-12-24(19-6-4-3-5-7-19)13-22(28)15-25(14-21,17-24)23(29)27-20-10-8-18(16-26)9-11-20/h3-7,18,20-22H,2,8-17,26H2,1H3,(H,27,29)/t18-,20-,21?,22?,24?,25?. The Morgan fingerprint density at radius 2 is 1.77 bits per heavy atom. The number of benzene rings is 1. The number of nitrogens with two attached hydrogens (primary N) is 1. The van der Waals surface area contributed by atoms with Crippen molar-refractivity contribution >= 4 is 29.2 Å². The van der Waals surface area contributed by atoms with Gasteiger partial charge in [-0.2, -0.15) is 0 Å². The first-order valence-corrected chi connectivity index (χ1v) is 13.4. The van der Waals surface area contributed by atoms with Crippen molar-refractivity contribution in [2.45, 2.75) is 88.3 Å². The van der Waals surface area contributed by atoms with E-state index >= 15 is 0 Å². The summed E-state index contributed by atoms with van der Waals surface area (Å²) >= 11 is 8.29. The Kier molecular flexibility index (Phi) is 5.93. The van der Waals surface area contributed by atoms with Crippen LogP contribution in [-0.4, -0.2) is 39.7 Å². The highest BCUT2D eigenvalue weighted by Crippen LogP contribution is 2.63. The van der Waals surface area contributed by atoms with Crippen LogP contribution in [0.15, 0.2) is 30.3 Å². The monoisotopic (exact) mass is 443 g/mol. The van der Waals surface area contributed by atoms with Crippen LogP contribution in [0.2, 0.25) is 0 Å². The van der Waals surface area contributed by atoms with Crippen molar-refractivity contribution in [2.24, 2.45) is 17.1 Å². The van der Waals surface area contributed by atoms with E-state index < -0.39 is 0 Å². The Labute approximate surface area is 192 Å². The van der Waals surface area contributed by atoms with E-state index in [1.165, 1.54) is 68.5 Å². The third-order valence-electron chi connectivity index (χ3n) is 8.56. The van der Waals surface area contributed by atoms with E-state index in [4.69, 9.17) is 18.0 Å². The average Bonchev–Trinajstić information content (AvgIpc) is 2.77. The highest BCUT2D eigenvalue weighted by molar-refractivity contribution is 7.97. The molecular formula is C25H37N3S2. The molecule has 3 saturated carbocycles. The predicted octanol–water partition coefficient (Wildman–Crippen LogP) is 5.04. The highest BCUT2D eigenvalue weighted by Gasteiger charge is 2.62. The zero-order chi connectivity index (χ0) is 20.8. The Balaban J connectivity index is 1.39. The minimum Gasteiger partial charge on any atom is -0.376 e. The smallest absolute Gasteiger partial charge is 0.0819 e. The van der Waals surface area contributed by atoms with Gasteiger partial charge in [0.2, 0.25) is 0 Å². The zero-order valence-electron chi connectivity index (χ0n) is 18.3. The lowest BCUT2D eigenvalue weighted by molar-refractivity contribution is -0.0492. The van der Waals surface area contributed by atoms with Crippen molar-refractivity contribution in [1.82, 2.24) is 9.62 Å². The van der Waals surface area contributed by atoms with Crippen LogP contribution in [0.3, 0.4) is 0 Å². The zero-order valence-corrected chi connectivity index (χ0v) is 19.9. The van der Waals surface area contributed by atoms with Crippen LogP contribution in [0.25, 0.3) is 0 Å². The maximum absolute atomic E-state index is 6.23. The molecule has 0 amide bonds. The molecule has 5 fully saturated rings. The fourth-order valence-corrected chi connectivity index (χ4v) is 8.77. The second kappa shape index (κ2) is 8.38. The minimum absolute atomic E-state index is 0.187. The summed E-state index contributed by atoms with van der Waals surface area (Å²) in [4.78, 5) is 1.19. The highest BCUT2D eigenvalue weighted by atomic mass is 32.2. The quantitative estimate of drug-likeness (QED) is 0.476. The molecule has 5 aliphatic rings. The molecule has 164 valence electrons. The molecule has 0 radical (unpaired) electrons. The molecule has 2 aliphatic heterocycles. The van der Waals surface area contributed by atoms with Crippen LogP contribution < -0.4 is 11.1 Å². The van der Waals surface area contributed by atoms with E-state index in [0.717, 1.165) is 12.5 Å². The van der Waals surface area contributed by atoms with Crippen LogP contribution >= 0.6 is 24.2 Å². The summed E-state index contributed by atoms with van der Waals surface area (Å²) in [6.45, 7) is 3.14. The van der Waals surface area contributed by atoms with Crippen molar-refractivity contribution in [3.05, 3.63) is 35.9 Å². The lowest BCUT2D eigenvalue weighted by Crippen LogP contribution is -2.68. The molecule has 2 atom stereocenters. The molecule has 30 heavy (non-hydrogen) atoms. The Bertz CT molecular complexity index is 743. The van der Waals surface area contributed by atoms with Crippen LogP contribution in [0.4, 0.5) is 0 Å². The fourth-order valence-electron chi connectivity index (χ4n) is 7.35. The molecule has 2 saturated heterocycles. The molecular weight excluding hydrogens is 406 g/mol. The van der Waals surface area contributed by atoms with E-state index in [2.05, 4.69) is 58.8 Å². The second-order valence-electron chi connectivity index (χ2n) is 10.4. The molecule has 3 aliphatic carbocycles. The normalized spacial score (nSPS) is 40.5. The van der Waals surface area contributed by atoms with Gasteiger partial charge in [0.1, 0.15) is 0 Å². The fraction of sp³-hybridized carbons (Fsp3) is 0.720. The van der Waals surface area contributed by atoms with Crippen LogP contribution in [-0.2, 0) is 5.41 Å². The van der Waals surface area contributed by atoms with Gasteiger partial charge >= 0.3 is 0 Å². The van der Waals surface area contributed by atoms with E-state index in [-0.39, 0.29) is 5.41 Å². The Morgan fingerprint density at radius 3 is 2.37 bits per heavy atom. The third-order valence-corrected chi connectivity index (χ3v) is 10.3. The van der Waals surface area contributed by atoms with Gasteiger partial charge in [-0.3, -0.25) is 0 Å². The van der Waals surface area contributed by atoms with E-state index in [0.29, 0.717) is 23.5 Å². The van der Waals surface area contributed by atoms with Crippen LogP contribution in [0, 0.1) is 11.3 Å². The van der Waals surface area contributed by atoms with Gasteiger partial charge in [-0.05, 0) is 81.2 Å². The van der Waals surface area contributed by atoms with Crippen molar-refractivity contribution in [3.63, 3.8) is 0 Å². The van der Waals surface area contributed by atoms with Crippen molar-refractivity contribution in [2.75, 3.05) is 12.3 Å². The number of piperidine rings is 2. The number of hydrogen-bond donors (Lipinski definition) is 2. The van der Waals surface area contributed by atoms with E-state index in [9.17, 15) is 0 Å². The first-order chi connectivity index (χ1) is 14.6. The van der Waals surface area contributed by atoms with Crippen LogP contribution in [0.1, 0.15) is 70.3 Å². The summed E-state index contributed by atoms with van der Waals surface area (Å²) in [7, 11) is 0. The Hall–Kier alpha value is -0.620. The number of nitrogens with one attached hydrogen (secondary N) is 1. The molecule has 0 aromatic heterocycles. The number of thiocarbonyl (C=S) groups is 1. The molecule has 2 heterocycles. The molecule has 0 spiro atoms. The van der Waals surface area contributed by atoms with Gasteiger partial charge < -0.3 is 11.1 Å². The predicted molar refractivity (Wildman–Crippen MR) is 132 cm³/mol. The summed E-state index contributed by atoms with van der Waals surface area (Å²) in [5, 5.41) is 3.90. The number of hydrogen-bond acceptors (Lipinski definition) is 4. The minimum atomic E-state index is 0.187. The summed E-state index contributed by atoms with van der Waals surface area (Å²) in [5.74, 6) is 1.89. The molecule has 6 rings (SSSR count). The largest absolute Gasteiger partial charge is 0.376 e. The molecule has 3 nitrogen and oxygen atoms in total. The lowest BCUT2D eigenvalue weighted by Gasteiger charge is -2.66. The van der Waals surface area contributed by atoms with Crippen molar-refractivity contribution in [1.29, 1.82) is 0 Å². The van der Waals surface area contributed by atoms with E-state index in [1.807, 2.05) is 0 Å². The van der Waals surface area contributed by atoms with Gasteiger partial charge in [0.25, 0.3) is 0 Å². The number of rotatable bonds is 6. The van der Waals surface area contributed by atoms with Gasteiger partial charge in [0.05, 0.1) is 4.99 Å². The van der Waals surface area contributed by atoms with Gasteiger partial charge in [-0.15, -0.1) is 0 Å². The molecule has 1 aromatic carbocycles. The molecule has 1 aromatic rings. The number of nitrogens with zero attached hydrogens (tertiary/aromatic N) is 1. The molecule has 5 heteroatoms. The van der Waals surface area contributed by atoms with Gasteiger partial charge in [0.15, 0.2) is 0 Å².